The molecule has 1 aliphatic rings. The van der Waals surface area contributed by atoms with Crippen molar-refractivity contribution in [2.75, 3.05) is 0 Å². The van der Waals surface area contributed by atoms with Gasteiger partial charge in [0.05, 0.1) is 22.9 Å². The van der Waals surface area contributed by atoms with Crippen molar-refractivity contribution in [1.82, 2.24) is 15.3 Å². The van der Waals surface area contributed by atoms with E-state index >= 15 is 0 Å². The van der Waals surface area contributed by atoms with Crippen LogP contribution in [0.3, 0.4) is 0 Å². The molecule has 0 unspecified atom stereocenters. The van der Waals surface area contributed by atoms with Crippen molar-refractivity contribution in [2.24, 2.45) is 5.73 Å². The highest BCUT2D eigenvalue weighted by molar-refractivity contribution is 5.73. The van der Waals surface area contributed by atoms with Gasteiger partial charge in [0, 0.05) is 18.6 Å². The van der Waals surface area contributed by atoms with Crippen LogP contribution in [0.4, 0.5) is 0 Å². The van der Waals surface area contributed by atoms with E-state index < -0.39 is 0 Å². The summed E-state index contributed by atoms with van der Waals surface area (Å²) >= 11 is 0. The fourth-order valence-corrected chi connectivity index (χ4v) is 2.65. The van der Waals surface area contributed by atoms with Crippen LogP contribution in [0.5, 0.6) is 0 Å². The zero-order valence-electron chi connectivity index (χ0n) is 11.0. The van der Waals surface area contributed by atoms with Crippen molar-refractivity contribution < 1.29 is 0 Å². The molecule has 4 nitrogen and oxygen atoms in total. The van der Waals surface area contributed by atoms with Crippen molar-refractivity contribution in [3.8, 4) is 0 Å². The summed E-state index contributed by atoms with van der Waals surface area (Å²) < 4.78 is 0. The van der Waals surface area contributed by atoms with E-state index in [9.17, 15) is 0 Å². The van der Waals surface area contributed by atoms with Gasteiger partial charge in [0.15, 0.2) is 0 Å². The van der Waals surface area contributed by atoms with Gasteiger partial charge in [-0.1, -0.05) is 12.1 Å². The van der Waals surface area contributed by atoms with E-state index in [2.05, 4.69) is 15.3 Å². The quantitative estimate of drug-likeness (QED) is 0.881. The Hall–Kier alpha value is -1.52. The van der Waals surface area contributed by atoms with E-state index in [1.165, 1.54) is 12.8 Å². The topological polar surface area (TPSA) is 63.8 Å². The van der Waals surface area contributed by atoms with Crippen LogP contribution in [-0.4, -0.2) is 22.1 Å². The van der Waals surface area contributed by atoms with Crippen LogP contribution in [0.25, 0.3) is 11.0 Å². The molecule has 3 rings (SSSR count). The number of nitrogens with one attached hydrogen (secondary N) is 1. The van der Waals surface area contributed by atoms with E-state index in [0.29, 0.717) is 12.1 Å². The molecule has 0 saturated heterocycles. The highest BCUT2D eigenvalue weighted by atomic mass is 14.9. The molecule has 0 spiro atoms. The van der Waals surface area contributed by atoms with Gasteiger partial charge in [-0.2, -0.15) is 0 Å². The molecule has 0 aliphatic heterocycles. The Bertz CT molecular complexity index is 547. The third-order valence-electron chi connectivity index (χ3n) is 3.84. The summed E-state index contributed by atoms with van der Waals surface area (Å²) in [5.41, 5.74) is 8.84. The van der Waals surface area contributed by atoms with Crippen molar-refractivity contribution >= 4 is 11.0 Å². The Balaban J connectivity index is 1.62. The number of benzene rings is 1. The van der Waals surface area contributed by atoms with Gasteiger partial charge >= 0.3 is 0 Å². The van der Waals surface area contributed by atoms with E-state index in [0.717, 1.165) is 36.1 Å². The van der Waals surface area contributed by atoms with Gasteiger partial charge in [0.25, 0.3) is 0 Å². The highest BCUT2D eigenvalue weighted by Crippen LogP contribution is 2.17. The number of fused-ring (bicyclic) bond motifs is 1. The van der Waals surface area contributed by atoms with Gasteiger partial charge in [0.1, 0.15) is 0 Å². The SMILES string of the molecule is NC1CCC(NCc2cnc3ccccc3n2)CC1. The second-order valence-electron chi connectivity index (χ2n) is 5.34. The largest absolute Gasteiger partial charge is 0.328 e. The normalized spacial score (nSPS) is 23.6. The number of hydrogen-bond donors (Lipinski definition) is 2. The van der Waals surface area contributed by atoms with Crippen LogP contribution in [0.1, 0.15) is 31.4 Å². The lowest BCUT2D eigenvalue weighted by Crippen LogP contribution is -2.37. The Morgan fingerprint density at radius 1 is 1.11 bits per heavy atom. The standard InChI is InChI=1S/C15H20N4/c16-11-5-7-12(8-6-11)17-9-13-10-18-14-3-1-2-4-15(14)19-13/h1-4,10-12,17H,5-9,16H2. The minimum Gasteiger partial charge on any atom is -0.328 e. The van der Waals surface area contributed by atoms with Crippen LogP contribution < -0.4 is 11.1 Å². The van der Waals surface area contributed by atoms with Crippen molar-refractivity contribution in [1.29, 1.82) is 0 Å². The summed E-state index contributed by atoms with van der Waals surface area (Å²) in [4.78, 5) is 9.06. The predicted molar refractivity (Wildman–Crippen MR) is 76.6 cm³/mol. The van der Waals surface area contributed by atoms with E-state index in [-0.39, 0.29) is 0 Å². The first-order valence-corrected chi connectivity index (χ1v) is 7.01. The van der Waals surface area contributed by atoms with Gasteiger partial charge in [-0.05, 0) is 37.8 Å². The monoisotopic (exact) mass is 256 g/mol. The molecule has 1 aromatic heterocycles. The molecule has 1 aliphatic carbocycles. The summed E-state index contributed by atoms with van der Waals surface area (Å²) in [7, 11) is 0. The minimum absolute atomic E-state index is 0.401. The molecule has 1 aromatic carbocycles. The van der Waals surface area contributed by atoms with Gasteiger partial charge in [0.2, 0.25) is 0 Å². The maximum absolute atomic E-state index is 5.92. The molecule has 3 N–H and O–H groups in total. The van der Waals surface area contributed by atoms with Crippen LogP contribution >= 0.6 is 0 Å². The average Bonchev–Trinajstić information content (AvgIpc) is 2.46. The summed E-state index contributed by atoms with van der Waals surface area (Å²) in [6.07, 6.45) is 6.45. The lowest BCUT2D eigenvalue weighted by molar-refractivity contribution is 0.341. The van der Waals surface area contributed by atoms with Crippen molar-refractivity contribution in [2.45, 2.75) is 44.3 Å². The fraction of sp³-hybridized carbons (Fsp3) is 0.467. The lowest BCUT2D eigenvalue weighted by Gasteiger charge is -2.26. The summed E-state index contributed by atoms with van der Waals surface area (Å²) in [6, 6.07) is 8.95. The maximum Gasteiger partial charge on any atom is 0.0890 e. The second-order valence-corrected chi connectivity index (χ2v) is 5.34. The number of para-hydroxylation sites is 2. The van der Waals surface area contributed by atoms with Crippen LogP contribution in [0.15, 0.2) is 30.5 Å². The van der Waals surface area contributed by atoms with Crippen LogP contribution in [0.2, 0.25) is 0 Å². The van der Waals surface area contributed by atoms with Crippen LogP contribution in [-0.2, 0) is 6.54 Å². The lowest BCUT2D eigenvalue weighted by atomic mass is 9.92. The van der Waals surface area contributed by atoms with Gasteiger partial charge < -0.3 is 11.1 Å². The Labute approximate surface area is 113 Å². The summed E-state index contributed by atoms with van der Waals surface area (Å²) in [5, 5.41) is 3.57. The van der Waals surface area contributed by atoms with E-state index in [1.54, 1.807) is 0 Å². The molecule has 4 heteroatoms. The summed E-state index contributed by atoms with van der Waals surface area (Å²) in [5.74, 6) is 0. The molecular formula is C15H20N4. The molecule has 1 saturated carbocycles. The fourth-order valence-electron chi connectivity index (χ4n) is 2.65. The molecule has 100 valence electrons. The highest BCUT2D eigenvalue weighted by Gasteiger charge is 2.17. The Morgan fingerprint density at radius 3 is 2.63 bits per heavy atom. The molecule has 2 aromatic rings. The number of hydrogen-bond acceptors (Lipinski definition) is 4. The number of rotatable bonds is 3. The number of aromatic nitrogens is 2. The van der Waals surface area contributed by atoms with E-state index in [1.807, 2.05) is 30.5 Å². The minimum atomic E-state index is 0.401. The van der Waals surface area contributed by atoms with Crippen molar-refractivity contribution in [3.05, 3.63) is 36.2 Å². The summed E-state index contributed by atoms with van der Waals surface area (Å²) in [6.45, 7) is 0.789. The zero-order chi connectivity index (χ0) is 13.1. The second kappa shape index (κ2) is 5.63. The maximum atomic E-state index is 5.92. The first kappa shape index (κ1) is 12.5. The zero-order valence-corrected chi connectivity index (χ0v) is 11.0. The Morgan fingerprint density at radius 2 is 1.84 bits per heavy atom. The smallest absolute Gasteiger partial charge is 0.0890 e. The average molecular weight is 256 g/mol. The van der Waals surface area contributed by atoms with Gasteiger partial charge in [-0.3, -0.25) is 4.98 Å². The third-order valence-corrected chi connectivity index (χ3v) is 3.84. The predicted octanol–water partition coefficient (Wildman–Crippen LogP) is 1.99. The third kappa shape index (κ3) is 3.08. The van der Waals surface area contributed by atoms with E-state index in [4.69, 9.17) is 5.73 Å². The molecule has 0 amide bonds. The Kier molecular flexibility index (Phi) is 3.71. The molecule has 1 heterocycles. The molecular weight excluding hydrogens is 236 g/mol. The van der Waals surface area contributed by atoms with Gasteiger partial charge in [-0.25, -0.2) is 4.98 Å². The first-order valence-electron chi connectivity index (χ1n) is 7.01. The molecule has 0 bridgehead atoms. The van der Waals surface area contributed by atoms with Crippen LogP contribution in [0, 0.1) is 0 Å². The molecule has 0 radical (unpaired) electrons. The molecule has 19 heavy (non-hydrogen) atoms. The van der Waals surface area contributed by atoms with Gasteiger partial charge in [-0.15, -0.1) is 0 Å². The molecule has 1 fully saturated rings. The molecule has 0 atom stereocenters. The number of nitrogens with zero attached hydrogens (tertiary/aromatic N) is 2. The number of nitrogens with two attached hydrogens (primary N) is 1. The van der Waals surface area contributed by atoms with Crippen molar-refractivity contribution in [3.63, 3.8) is 0 Å². The first-order chi connectivity index (χ1) is 9.31.